The van der Waals surface area contributed by atoms with E-state index in [9.17, 15) is 14.3 Å². The van der Waals surface area contributed by atoms with Gasteiger partial charge in [-0.25, -0.2) is 14.2 Å². The zero-order valence-electron chi connectivity index (χ0n) is 13.9. The molecule has 0 atom stereocenters. The van der Waals surface area contributed by atoms with Gasteiger partial charge in [-0.3, -0.25) is 0 Å². The van der Waals surface area contributed by atoms with Crippen molar-refractivity contribution in [2.24, 2.45) is 10.2 Å². The van der Waals surface area contributed by atoms with E-state index in [1.165, 1.54) is 30.5 Å². The number of nitrogens with zero attached hydrogens (tertiary/aromatic N) is 3. The number of rotatable bonds is 4. The van der Waals surface area contributed by atoms with Gasteiger partial charge in [0.1, 0.15) is 17.3 Å². The lowest BCUT2D eigenvalue weighted by Crippen LogP contribution is -2.07. The predicted octanol–water partition coefficient (Wildman–Crippen LogP) is 5.24. The monoisotopic (exact) mass is 371 g/mol. The maximum Gasteiger partial charge on any atom is 0.372 e. The number of carbonyl (C=O) groups is 1. The molecule has 0 aliphatic carbocycles. The Labute approximate surface area is 152 Å². The first-order chi connectivity index (χ1) is 12.4. The minimum atomic E-state index is -0.653. The number of aromatic nitrogens is 1. The van der Waals surface area contributed by atoms with Crippen molar-refractivity contribution < 1.29 is 19.0 Å². The summed E-state index contributed by atoms with van der Waals surface area (Å²) in [5, 5.41) is 18.5. The zero-order valence-corrected chi connectivity index (χ0v) is 14.7. The number of thiazole rings is 1. The lowest BCUT2D eigenvalue weighted by molar-refractivity contribution is 0.0734. The average molecular weight is 371 g/mol. The molecule has 0 aliphatic rings. The van der Waals surface area contributed by atoms with Gasteiger partial charge >= 0.3 is 5.97 Å². The fraction of sp³-hybridized carbons (Fsp3) is 0.111. The highest BCUT2D eigenvalue weighted by Crippen LogP contribution is 2.30. The van der Waals surface area contributed by atoms with Gasteiger partial charge in [-0.2, -0.15) is 0 Å². The van der Waals surface area contributed by atoms with Gasteiger partial charge in [0, 0.05) is 0 Å². The highest BCUT2D eigenvalue weighted by Gasteiger charge is 2.14. The summed E-state index contributed by atoms with van der Waals surface area (Å²) >= 11 is 1.02. The van der Waals surface area contributed by atoms with Crippen LogP contribution >= 0.6 is 11.3 Å². The molecule has 3 rings (SSSR count). The number of aryl methyl sites for hydroxylation is 2. The van der Waals surface area contributed by atoms with Gasteiger partial charge in [0.15, 0.2) is 5.00 Å². The number of benzene rings is 2. The number of phenolic OH excluding ortho intramolecular Hbond substituents is 1. The van der Waals surface area contributed by atoms with E-state index in [4.69, 9.17) is 4.74 Å². The highest BCUT2D eigenvalue weighted by molar-refractivity contribution is 7.17. The minimum absolute atomic E-state index is 0.112. The Kier molecular flexibility index (Phi) is 5.04. The Morgan fingerprint density at radius 2 is 1.81 bits per heavy atom. The molecule has 0 spiro atoms. The van der Waals surface area contributed by atoms with Crippen molar-refractivity contribution >= 4 is 28.0 Å². The molecule has 26 heavy (non-hydrogen) atoms. The van der Waals surface area contributed by atoms with Crippen LogP contribution in [0.5, 0.6) is 11.5 Å². The Hall–Kier alpha value is -3.13. The molecule has 132 valence electrons. The number of halogens is 1. The molecule has 8 heteroatoms. The fourth-order valence-corrected chi connectivity index (χ4v) is 2.77. The molecular formula is C18H14FN3O3S. The summed E-state index contributed by atoms with van der Waals surface area (Å²) in [7, 11) is 0. The van der Waals surface area contributed by atoms with Crippen LogP contribution in [0, 0.1) is 19.7 Å². The van der Waals surface area contributed by atoms with E-state index < -0.39 is 11.8 Å². The smallest absolute Gasteiger partial charge is 0.372 e. The molecule has 0 radical (unpaired) electrons. The van der Waals surface area contributed by atoms with E-state index in [1.807, 2.05) is 0 Å². The van der Waals surface area contributed by atoms with Crippen LogP contribution in [0.15, 0.2) is 52.8 Å². The van der Waals surface area contributed by atoms with Crippen LogP contribution in [0.25, 0.3) is 0 Å². The lowest BCUT2D eigenvalue weighted by Gasteiger charge is -2.03. The van der Waals surface area contributed by atoms with Gasteiger partial charge in [-0.1, -0.05) is 11.3 Å². The summed E-state index contributed by atoms with van der Waals surface area (Å²) in [5.74, 6) is -0.613. The van der Waals surface area contributed by atoms with E-state index in [-0.39, 0.29) is 16.5 Å². The van der Waals surface area contributed by atoms with Crippen LogP contribution in [-0.4, -0.2) is 16.1 Å². The molecule has 0 saturated heterocycles. The summed E-state index contributed by atoms with van der Waals surface area (Å²) in [6.45, 7) is 3.55. The number of ether oxygens (including phenoxy) is 1. The van der Waals surface area contributed by atoms with Crippen molar-refractivity contribution in [1.29, 1.82) is 0 Å². The summed E-state index contributed by atoms with van der Waals surface area (Å²) < 4.78 is 18.0. The van der Waals surface area contributed by atoms with Crippen LogP contribution in [-0.2, 0) is 0 Å². The van der Waals surface area contributed by atoms with E-state index in [1.54, 1.807) is 26.0 Å². The summed E-state index contributed by atoms with van der Waals surface area (Å²) in [4.78, 5) is 16.0. The Morgan fingerprint density at radius 3 is 2.46 bits per heavy atom. The molecule has 0 unspecified atom stereocenters. The third-order valence-electron chi connectivity index (χ3n) is 3.43. The Balaban J connectivity index is 1.71. The second-order valence-electron chi connectivity index (χ2n) is 5.48. The van der Waals surface area contributed by atoms with Crippen LogP contribution in [0.4, 0.5) is 15.1 Å². The van der Waals surface area contributed by atoms with Crippen LogP contribution in [0.3, 0.4) is 0 Å². The van der Waals surface area contributed by atoms with Gasteiger partial charge in [0.25, 0.3) is 0 Å². The second kappa shape index (κ2) is 7.40. The molecule has 6 nitrogen and oxygen atoms in total. The SMILES string of the molecule is Cc1cc(N=Nc2cnc(C(=O)Oc3ccc(F)cc3)s2)cc(C)c1O. The predicted molar refractivity (Wildman–Crippen MR) is 95.2 cm³/mol. The number of aromatic hydroxyl groups is 1. The van der Waals surface area contributed by atoms with E-state index in [0.717, 1.165) is 11.3 Å². The quantitative estimate of drug-likeness (QED) is 0.386. The van der Waals surface area contributed by atoms with E-state index in [0.29, 0.717) is 21.8 Å². The molecular weight excluding hydrogens is 357 g/mol. The largest absolute Gasteiger partial charge is 0.507 e. The first kappa shape index (κ1) is 17.7. The second-order valence-corrected chi connectivity index (χ2v) is 6.48. The third kappa shape index (κ3) is 4.09. The van der Waals surface area contributed by atoms with Crippen molar-refractivity contribution in [1.82, 2.24) is 4.98 Å². The van der Waals surface area contributed by atoms with Gasteiger partial charge in [0.05, 0.1) is 11.9 Å². The lowest BCUT2D eigenvalue weighted by atomic mass is 10.1. The molecule has 0 aliphatic heterocycles. The topological polar surface area (TPSA) is 84.1 Å². The van der Waals surface area contributed by atoms with Gasteiger partial charge in [-0.05, 0) is 61.4 Å². The Morgan fingerprint density at radius 1 is 1.15 bits per heavy atom. The van der Waals surface area contributed by atoms with Crippen LogP contribution < -0.4 is 4.74 Å². The van der Waals surface area contributed by atoms with Crippen molar-refractivity contribution in [3.05, 3.63) is 64.5 Å². The number of phenols is 1. The molecule has 3 aromatic rings. The summed E-state index contributed by atoms with van der Waals surface area (Å²) in [5.41, 5.74) is 1.99. The molecule has 1 N–H and O–H groups in total. The molecule has 2 aromatic carbocycles. The summed E-state index contributed by atoms with van der Waals surface area (Å²) in [6, 6.07) is 8.53. The minimum Gasteiger partial charge on any atom is -0.507 e. The number of hydrogen-bond acceptors (Lipinski definition) is 7. The molecule has 1 heterocycles. The maximum absolute atomic E-state index is 12.9. The number of carbonyl (C=O) groups excluding carboxylic acids is 1. The van der Waals surface area contributed by atoms with Gasteiger partial charge in [-0.15, -0.1) is 10.2 Å². The normalized spacial score (nSPS) is 11.0. The average Bonchev–Trinajstić information content (AvgIpc) is 3.09. The van der Waals surface area contributed by atoms with Crippen molar-refractivity contribution in [3.8, 4) is 11.5 Å². The van der Waals surface area contributed by atoms with Crippen molar-refractivity contribution in [3.63, 3.8) is 0 Å². The highest BCUT2D eigenvalue weighted by atomic mass is 32.1. The van der Waals surface area contributed by atoms with Gasteiger partial charge < -0.3 is 9.84 Å². The van der Waals surface area contributed by atoms with E-state index >= 15 is 0 Å². The number of hydrogen-bond donors (Lipinski definition) is 1. The van der Waals surface area contributed by atoms with E-state index in [2.05, 4.69) is 15.2 Å². The number of esters is 1. The first-order valence-electron chi connectivity index (χ1n) is 7.58. The number of azo groups is 1. The van der Waals surface area contributed by atoms with Crippen LogP contribution in [0.1, 0.15) is 20.9 Å². The molecule has 1 aromatic heterocycles. The fourth-order valence-electron chi connectivity index (χ4n) is 2.16. The zero-order chi connectivity index (χ0) is 18.7. The Bertz CT molecular complexity index is 961. The molecule has 0 bridgehead atoms. The van der Waals surface area contributed by atoms with Gasteiger partial charge in [0.2, 0.25) is 5.01 Å². The first-order valence-corrected chi connectivity index (χ1v) is 8.39. The molecule has 0 amide bonds. The maximum atomic E-state index is 12.9. The van der Waals surface area contributed by atoms with Crippen molar-refractivity contribution in [2.45, 2.75) is 13.8 Å². The standard InChI is InChI=1S/C18H14FN3O3S/c1-10-7-13(8-11(2)16(10)23)21-22-15-9-20-17(26-15)18(24)25-14-5-3-12(19)4-6-14/h3-9,23H,1-2H3. The molecule has 0 saturated carbocycles. The molecule has 0 fully saturated rings. The van der Waals surface area contributed by atoms with Crippen LogP contribution in [0.2, 0.25) is 0 Å². The third-order valence-corrected chi connectivity index (χ3v) is 4.29. The summed E-state index contributed by atoms with van der Waals surface area (Å²) in [6.07, 6.45) is 1.41. The van der Waals surface area contributed by atoms with Crippen molar-refractivity contribution in [2.75, 3.05) is 0 Å².